The third-order valence-corrected chi connectivity index (χ3v) is 7.60. The fourth-order valence-corrected chi connectivity index (χ4v) is 5.49. The van der Waals surface area contributed by atoms with Crippen LogP contribution in [0.5, 0.6) is 0 Å². The maximum Gasteiger partial charge on any atom is 0.240 e. The Kier molecular flexibility index (Phi) is 6.62. The smallest absolute Gasteiger partial charge is 0.240 e. The number of hydrogen-bond donors (Lipinski definition) is 1. The van der Waals surface area contributed by atoms with Crippen LogP contribution in [0.3, 0.4) is 0 Å². The zero-order valence-electron chi connectivity index (χ0n) is 18.7. The molecule has 1 aliphatic rings. The average Bonchev–Trinajstić information content (AvgIpc) is 3.08. The second-order valence-corrected chi connectivity index (χ2v) is 10.0. The molecule has 0 spiro atoms. The Bertz CT molecular complexity index is 1230. The van der Waals surface area contributed by atoms with Crippen LogP contribution in [0.15, 0.2) is 59.5 Å². The van der Waals surface area contributed by atoms with E-state index in [1.165, 1.54) is 12.1 Å². The predicted octanol–water partition coefficient (Wildman–Crippen LogP) is 3.14. The molecule has 3 aromatic rings. The zero-order chi connectivity index (χ0) is 23.6. The van der Waals surface area contributed by atoms with E-state index in [1.807, 2.05) is 13.8 Å². The molecule has 33 heavy (non-hydrogen) atoms. The summed E-state index contributed by atoms with van der Waals surface area (Å²) in [4.78, 5) is 15.0. The van der Waals surface area contributed by atoms with Gasteiger partial charge in [-0.05, 0) is 63.1 Å². The summed E-state index contributed by atoms with van der Waals surface area (Å²) in [6.07, 6.45) is 1.34. The fourth-order valence-electron chi connectivity index (χ4n) is 4.16. The van der Waals surface area contributed by atoms with Gasteiger partial charge in [0.2, 0.25) is 15.9 Å². The van der Waals surface area contributed by atoms with Crippen LogP contribution in [0.25, 0.3) is 5.69 Å². The van der Waals surface area contributed by atoms with Crippen LogP contribution in [-0.2, 0) is 21.2 Å². The predicted molar refractivity (Wildman–Crippen MR) is 123 cm³/mol. The highest BCUT2D eigenvalue weighted by molar-refractivity contribution is 7.89. The van der Waals surface area contributed by atoms with Gasteiger partial charge in [0.15, 0.2) is 0 Å². The molecule has 9 heteroatoms. The summed E-state index contributed by atoms with van der Waals surface area (Å²) in [6.45, 7) is 4.74. The number of likely N-dealkylation sites (tertiary alicyclic amines) is 1. The monoisotopic (exact) mass is 470 g/mol. The molecule has 2 heterocycles. The number of benzene rings is 2. The third kappa shape index (κ3) is 5.15. The summed E-state index contributed by atoms with van der Waals surface area (Å²) in [6, 6.07) is 14.2. The molecule has 1 aromatic heterocycles. The van der Waals surface area contributed by atoms with Crippen molar-refractivity contribution < 1.29 is 17.6 Å². The molecule has 2 aromatic carbocycles. The molecule has 1 fully saturated rings. The average molecular weight is 471 g/mol. The van der Waals surface area contributed by atoms with Gasteiger partial charge in [-0.1, -0.05) is 18.2 Å². The molecular formula is C24H27FN4O3S. The van der Waals surface area contributed by atoms with Gasteiger partial charge in [-0.2, -0.15) is 5.10 Å². The van der Waals surface area contributed by atoms with Crippen molar-refractivity contribution in [3.05, 3.63) is 77.4 Å². The van der Waals surface area contributed by atoms with Crippen molar-refractivity contribution in [2.45, 2.75) is 44.0 Å². The van der Waals surface area contributed by atoms with Crippen LogP contribution in [0, 0.1) is 19.7 Å². The highest BCUT2D eigenvalue weighted by Crippen LogP contribution is 2.21. The number of sulfonamides is 1. The number of nitrogens with one attached hydrogen (secondary N) is 1. The van der Waals surface area contributed by atoms with Crippen molar-refractivity contribution in [3.63, 3.8) is 0 Å². The summed E-state index contributed by atoms with van der Waals surface area (Å²) >= 11 is 0. The van der Waals surface area contributed by atoms with E-state index in [0.29, 0.717) is 25.9 Å². The third-order valence-electron chi connectivity index (χ3n) is 6.06. The van der Waals surface area contributed by atoms with Crippen molar-refractivity contribution in [2.75, 3.05) is 13.1 Å². The molecule has 1 aliphatic heterocycles. The van der Waals surface area contributed by atoms with Crippen molar-refractivity contribution in [1.29, 1.82) is 0 Å². The van der Waals surface area contributed by atoms with E-state index in [-0.39, 0.29) is 29.1 Å². The molecule has 7 nitrogen and oxygen atoms in total. The van der Waals surface area contributed by atoms with Crippen LogP contribution in [0.1, 0.15) is 29.8 Å². The Labute approximate surface area is 193 Å². The SMILES string of the molecule is Cc1nn(-c2ccc(F)cc2)c(C)c1CC(=O)N1CCC(NS(=O)(=O)c2ccccc2)CC1. The zero-order valence-corrected chi connectivity index (χ0v) is 19.5. The van der Waals surface area contributed by atoms with E-state index in [2.05, 4.69) is 9.82 Å². The Balaban J connectivity index is 1.37. The van der Waals surface area contributed by atoms with E-state index in [0.717, 1.165) is 22.6 Å². The maximum absolute atomic E-state index is 13.3. The van der Waals surface area contributed by atoms with E-state index in [4.69, 9.17) is 0 Å². The van der Waals surface area contributed by atoms with Crippen molar-refractivity contribution >= 4 is 15.9 Å². The minimum Gasteiger partial charge on any atom is -0.342 e. The number of hydrogen-bond acceptors (Lipinski definition) is 4. The van der Waals surface area contributed by atoms with Gasteiger partial charge in [0.05, 0.1) is 22.7 Å². The molecule has 4 rings (SSSR count). The Morgan fingerprint density at radius 2 is 1.70 bits per heavy atom. The highest BCUT2D eigenvalue weighted by atomic mass is 32.2. The van der Waals surface area contributed by atoms with Crippen LogP contribution < -0.4 is 4.72 Å². The lowest BCUT2D eigenvalue weighted by molar-refractivity contribution is -0.131. The fraction of sp³-hybridized carbons (Fsp3) is 0.333. The summed E-state index contributed by atoms with van der Waals surface area (Å²) in [7, 11) is -3.57. The lowest BCUT2D eigenvalue weighted by Gasteiger charge is -2.32. The number of aryl methyl sites for hydroxylation is 1. The van der Waals surface area contributed by atoms with E-state index in [9.17, 15) is 17.6 Å². The second kappa shape index (κ2) is 9.44. The van der Waals surface area contributed by atoms with Gasteiger partial charge in [-0.15, -0.1) is 0 Å². The molecule has 0 atom stereocenters. The van der Waals surface area contributed by atoms with Gasteiger partial charge in [-0.25, -0.2) is 22.2 Å². The van der Waals surface area contributed by atoms with Crippen molar-refractivity contribution in [1.82, 2.24) is 19.4 Å². The number of carbonyl (C=O) groups excluding carboxylic acids is 1. The first kappa shape index (κ1) is 23.1. The molecular weight excluding hydrogens is 443 g/mol. The number of halogens is 1. The molecule has 1 N–H and O–H groups in total. The number of aromatic nitrogens is 2. The molecule has 174 valence electrons. The highest BCUT2D eigenvalue weighted by Gasteiger charge is 2.27. The molecule has 1 amide bonds. The lowest BCUT2D eigenvalue weighted by atomic mass is 10.0. The Hall–Kier alpha value is -3.04. The Morgan fingerprint density at radius 3 is 2.33 bits per heavy atom. The standard InChI is InChI=1S/C24H27FN4O3S/c1-17-23(18(2)29(26-17)21-10-8-19(25)9-11-21)16-24(30)28-14-12-20(13-15-28)27-33(31,32)22-6-4-3-5-7-22/h3-11,20,27H,12-16H2,1-2H3. The first-order valence-electron chi connectivity index (χ1n) is 10.9. The normalized spacial score (nSPS) is 15.1. The van der Waals surface area contributed by atoms with Crippen LogP contribution in [-0.4, -0.2) is 48.1 Å². The van der Waals surface area contributed by atoms with E-state index < -0.39 is 10.0 Å². The van der Waals surface area contributed by atoms with E-state index in [1.54, 1.807) is 52.0 Å². The van der Waals surface area contributed by atoms with E-state index >= 15 is 0 Å². The summed E-state index contributed by atoms with van der Waals surface area (Å²) in [5, 5.41) is 4.54. The first-order valence-corrected chi connectivity index (χ1v) is 12.4. The largest absolute Gasteiger partial charge is 0.342 e. The summed E-state index contributed by atoms with van der Waals surface area (Å²) in [5.74, 6) is -0.325. The molecule has 0 unspecified atom stereocenters. The number of nitrogens with zero attached hydrogens (tertiary/aromatic N) is 3. The minimum atomic E-state index is -3.57. The van der Waals surface area contributed by atoms with Crippen molar-refractivity contribution in [3.8, 4) is 5.69 Å². The number of carbonyl (C=O) groups is 1. The Morgan fingerprint density at radius 1 is 1.06 bits per heavy atom. The maximum atomic E-state index is 13.3. The number of piperidine rings is 1. The van der Waals surface area contributed by atoms with Gasteiger partial charge in [-0.3, -0.25) is 4.79 Å². The molecule has 1 saturated heterocycles. The van der Waals surface area contributed by atoms with Gasteiger partial charge in [0.1, 0.15) is 5.82 Å². The number of amides is 1. The minimum absolute atomic E-state index is 0.00998. The molecule has 0 bridgehead atoms. The van der Waals surface area contributed by atoms with Crippen LogP contribution >= 0.6 is 0 Å². The van der Waals surface area contributed by atoms with Gasteiger partial charge in [0, 0.05) is 30.4 Å². The summed E-state index contributed by atoms with van der Waals surface area (Å²) < 4.78 is 42.8. The van der Waals surface area contributed by atoms with Crippen molar-refractivity contribution in [2.24, 2.45) is 0 Å². The van der Waals surface area contributed by atoms with Gasteiger partial charge >= 0.3 is 0 Å². The summed E-state index contributed by atoms with van der Waals surface area (Å²) in [5.41, 5.74) is 3.20. The van der Waals surface area contributed by atoms with Crippen LogP contribution in [0.4, 0.5) is 4.39 Å². The first-order chi connectivity index (χ1) is 15.7. The molecule has 0 radical (unpaired) electrons. The topological polar surface area (TPSA) is 84.3 Å². The molecule has 0 saturated carbocycles. The molecule has 0 aliphatic carbocycles. The van der Waals surface area contributed by atoms with Gasteiger partial charge in [0.25, 0.3) is 0 Å². The lowest BCUT2D eigenvalue weighted by Crippen LogP contribution is -2.46. The van der Waals surface area contributed by atoms with Gasteiger partial charge < -0.3 is 4.90 Å². The quantitative estimate of drug-likeness (QED) is 0.600. The van der Waals surface area contributed by atoms with Crippen LogP contribution in [0.2, 0.25) is 0 Å². The second-order valence-electron chi connectivity index (χ2n) is 8.30. The number of rotatable bonds is 6.